The zero-order chi connectivity index (χ0) is 87.3. The highest BCUT2D eigenvalue weighted by atomic mass is 32.1. The van der Waals surface area contributed by atoms with Crippen molar-refractivity contribution >= 4 is 224 Å². The van der Waals surface area contributed by atoms with Gasteiger partial charge >= 0.3 is 0 Å². The summed E-state index contributed by atoms with van der Waals surface area (Å²) in [5.74, 6) is 2.19. The standard InChI is InChI=1S/C44H25N3S2.2C38H23N3S/c1-3-13-26(14-4-1)40-29-24-23-28(25-33(29)45-44(46-40)27-15-5-2-6-16-27)47-34-20-10-7-17-30(34)37-38-31-18-8-11-21-35(31)48-42(38)39-32-19-9-12-22-36(32)49-43(39)41(37)47;1-3-11-24(12-4-1)36-29-20-19-26(23-31(29)39-38(40-36)25-13-5-2-6-14-25)41-32-17-9-7-16-30(32)35-33(41)22-21-28-27-15-8-10-18-34(27)42-37(28)35;1-3-11-24(12-4-1)37-27-20-19-26(23-30(27)39-38(40-37)25-13-5-2-6-14-25)41-31-17-9-7-15-28(31)35-32(41)21-22-34-36(35)29-16-8-10-18-33(29)42-34/h1-25H;2*1-23H. The Morgan fingerprint density at radius 3 is 0.940 bits per heavy atom. The number of hydrogen-bond donors (Lipinski definition) is 0. The Kier molecular flexibility index (Phi) is 17.9. The lowest BCUT2D eigenvalue weighted by molar-refractivity contribution is 1.17. The van der Waals surface area contributed by atoms with Crippen molar-refractivity contribution in [3.8, 4) is 85.0 Å². The van der Waals surface area contributed by atoms with Crippen LogP contribution in [0.15, 0.2) is 431 Å². The van der Waals surface area contributed by atoms with Crippen LogP contribution in [-0.4, -0.2) is 43.6 Å². The fourth-order valence-corrected chi connectivity index (χ4v) is 25.3. The molecule has 29 rings (SSSR count). The zero-order valence-corrected chi connectivity index (χ0v) is 74.4. The van der Waals surface area contributed by atoms with Crippen LogP contribution >= 0.6 is 45.3 Å². The Morgan fingerprint density at radius 1 is 0.165 bits per heavy atom. The topological polar surface area (TPSA) is 92.1 Å². The maximum atomic E-state index is 5.22. The first-order valence-electron chi connectivity index (χ1n) is 44.6. The highest BCUT2D eigenvalue weighted by Gasteiger charge is 2.28. The number of thiophene rings is 4. The molecule has 19 aromatic carbocycles. The predicted molar refractivity (Wildman–Crippen MR) is 566 cm³/mol. The first kappa shape index (κ1) is 76.5. The SMILES string of the molecule is c1ccc(-c2nc(-c3ccccc3)c3ccc(-n4c5ccccc5c5c6c(ccc54)sc4ccccc46)cc3n2)cc1.c1ccc(-c2nc(-c3ccccc3)c3ccc(-n4c5ccccc5c5c6c7ccccc7sc6c6c7ccccc7sc6c54)cc3n2)cc1.c1ccc(-c2nc(-c3ccccc3)c3ccc(-n4c5ccccc5c5c6sc7ccccc7c6ccc54)cc3n2)cc1. The molecule has 13 heteroatoms. The normalized spacial score (nSPS) is 11.9. The Labute approximate surface area is 777 Å². The summed E-state index contributed by atoms with van der Waals surface area (Å²) in [5.41, 5.74) is 22.4. The van der Waals surface area contributed by atoms with E-state index >= 15 is 0 Å². The molecule has 9 nitrogen and oxygen atoms in total. The van der Waals surface area contributed by atoms with Gasteiger partial charge in [0.2, 0.25) is 0 Å². The minimum Gasteiger partial charge on any atom is -0.309 e. The van der Waals surface area contributed by atoms with Gasteiger partial charge in [-0.15, -0.1) is 45.3 Å². The third-order valence-corrected chi connectivity index (χ3v) is 30.9. The second kappa shape index (κ2) is 31.1. The van der Waals surface area contributed by atoms with Crippen LogP contribution in [0, 0.1) is 0 Å². The molecular formula is C120H71N9S4. The first-order chi connectivity index (χ1) is 66.0. The van der Waals surface area contributed by atoms with E-state index in [9.17, 15) is 0 Å². The third-order valence-electron chi connectivity index (χ3n) is 26.2. The van der Waals surface area contributed by atoms with Gasteiger partial charge in [-0.2, -0.15) is 0 Å². The van der Waals surface area contributed by atoms with Gasteiger partial charge in [-0.05, 0) is 115 Å². The summed E-state index contributed by atoms with van der Waals surface area (Å²) < 4.78 is 17.9. The van der Waals surface area contributed by atoms with Gasteiger partial charge in [0.15, 0.2) is 17.5 Å². The summed E-state index contributed by atoms with van der Waals surface area (Å²) in [5, 5.41) is 21.5. The first-order valence-corrected chi connectivity index (χ1v) is 47.9. The number of fused-ring (bicyclic) bond motifs is 29. The number of nitrogens with zero attached hydrogens (tertiary/aromatic N) is 9. The quantitative estimate of drug-likeness (QED) is 0.143. The molecule has 0 bridgehead atoms. The van der Waals surface area contributed by atoms with Crippen molar-refractivity contribution in [1.29, 1.82) is 0 Å². The number of para-hydroxylation sites is 3. The van der Waals surface area contributed by atoms with Crippen LogP contribution in [0.1, 0.15) is 0 Å². The largest absolute Gasteiger partial charge is 0.309 e. The van der Waals surface area contributed by atoms with Gasteiger partial charge in [0.05, 0.1) is 71.4 Å². The van der Waals surface area contributed by atoms with Crippen LogP contribution in [0.4, 0.5) is 0 Å². The molecule has 29 aromatic rings. The summed E-state index contributed by atoms with van der Waals surface area (Å²) >= 11 is 7.57. The van der Waals surface area contributed by atoms with Crippen LogP contribution in [0.2, 0.25) is 0 Å². The summed E-state index contributed by atoms with van der Waals surface area (Å²) in [6, 6.07) is 153. The van der Waals surface area contributed by atoms with Crippen molar-refractivity contribution in [3.63, 3.8) is 0 Å². The second-order valence-electron chi connectivity index (χ2n) is 33.7. The van der Waals surface area contributed by atoms with Crippen molar-refractivity contribution in [2.75, 3.05) is 0 Å². The van der Waals surface area contributed by atoms with Gasteiger partial charge in [0.1, 0.15) is 0 Å². The molecule has 0 amide bonds. The molecule has 10 aromatic heterocycles. The average molecular weight is 1770 g/mol. The minimum absolute atomic E-state index is 0.727. The monoisotopic (exact) mass is 1770 g/mol. The summed E-state index contributed by atoms with van der Waals surface area (Å²) in [4.78, 5) is 30.7. The van der Waals surface area contributed by atoms with Gasteiger partial charge in [-0.25, -0.2) is 29.9 Å². The number of aromatic nitrogens is 9. The molecule has 133 heavy (non-hydrogen) atoms. The van der Waals surface area contributed by atoms with Crippen LogP contribution in [0.5, 0.6) is 0 Å². The molecule has 620 valence electrons. The molecule has 0 spiro atoms. The fourth-order valence-electron chi connectivity index (χ4n) is 20.3. The van der Waals surface area contributed by atoms with Crippen molar-refractivity contribution in [2.24, 2.45) is 0 Å². The van der Waals surface area contributed by atoms with E-state index in [2.05, 4.69) is 372 Å². The Morgan fingerprint density at radius 2 is 0.481 bits per heavy atom. The van der Waals surface area contributed by atoms with Crippen LogP contribution in [-0.2, 0) is 0 Å². The van der Waals surface area contributed by atoms with Crippen molar-refractivity contribution in [3.05, 3.63) is 431 Å². The Bertz CT molecular complexity index is 9780. The summed E-state index contributed by atoms with van der Waals surface area (Å²) in [6.45, 7) is 0. The lowest BCUT2D eigenvalue weighted by Crippen LogP contribution is -1.98. The van der Waals surface area contributed by atoms with Crippen molar-refractivity contribution in [1.82, 2.24) is 43.6 Å². The van der Waals surface area contributed by atoms with Gasteiger partial charge < -0.3 is 13.7 Å². The van der Waals surface area contributed by atoms with E-state index in [4.69, 9.17) is 29.9 Å². The van der Waals surface area contributed by atoms with Gasteiger partial charge in [0.25, 0.3) is 0 Å². The van der Waals surface area contributed by atoms with E-state index in [1.165, 1.54) is 146 Å². The zero-order valence-electron chi connectivity index (χ0n) is 71.1. The Hall–Kier alpha value is -16.5. The predicted octanol–water partition coefficient (Wildman–Crippen LogP) is 33.7. The highest BCUT2D eigenvalue weighted by Crippen LogP contribution is 2.54. The molecule has 0 aliphatic heterocycles. The second-order valence-corrected chi connectivity index (χ2v) is 38.0. The molecule has 10 heterocycles. The van der Waals surface area contributed by atoms with E-state index in [1.807, 2.05) is 118 Å². The number of rotatable bonds is 9. The number of benzene rings is 19. The molecule has 0 atom stereocenters. The third kappa shape index (κ3) is 12.5. The summed E-state index contributed by atoms with van der Waals surface area (Å²) in [7, 11) is 0. The molecule has 0 unspecified atom stereocenters. The maximum absolute atomic E-state index is 5.22. The molecule has 0 saturated heterocycles. The van der Waals surface area contributed by atoms with E-state index in [0.29, 0.717) is 0 Å². The molecule has 0 aliphatic rings. The molecule has 0 saturated carbocycles. The van der Waals surface area contributed by atoms with Crippen molar-refractivity contribution in [2.45, 2.75) is 0 Å². The van der Waals surface area contributed by atoms with Gasteiger partial charge in [0, 0.05) is 175 Å². The minimum atomic E-state index is 0.727. The van der Waals surface area contributed by atoms with Crippen LogP contribution < -0.4 is 0 Å². The molecule has 0 N–H and O–H groups in total. The van der Waals surface area contributed by atoms with Gasteiger partial charge in [-0.1, -0.05) is 315 Å². The maximum Gasteiger partial charge on any atom is 0.160 e. The molecule has 0 aliphatic carbocycles. The van der Waals surface area contributed by atoms with Crippen LogP contribution in [0.25, 0.3) is 264 Å². The average Bonchev–Trinajstić information content (AvgIpc) is 1.52. The van der Waals surface area contributed by atoms with Gasteiger partial charge in [-0.3, -0.25) is 0 Å². The molecule has 0 fully saturated rings. The van der Waals surface area contributed by atoms with Crippen molar-refractivity contribution < 1.29 is 0 Å². The summed E-state index contributed by atoms with van der Waals surface area (Å²) in [6.07, 6.45) is 0. The molecule has 0 radical (unpaired) electrons. The van der Waals surface area contributed by atoms with E-state index < -0.39 is 0 Å². The number of hydrogen-bond acceptors (Lipinski definition) is 10. The van der Waals surface area contributed by atoms with E-state index in [1.54, 1.807) is 0 Å². The Balaban J connectivity index is 0.000000102. The fraction of sp³-hybridized carbons (Fsp3) is 0. The lowest BCUT2D eigenvalue weighted by atomic mass is 10.0. The smallest absolute Gasteiger partial charge is 0.160 e. The highest BCUT2D eigenvalue weighted by molar-refractivity contribution is 7.30. The molecular weight excluding hydrogens is 1700 g/mol. The van der Waals surface area contributed by atoms with E-state index in [-0.39, 0.29) is 0 Å². The van der Waals surface area contributed by atoms with E-state index in [0.717, 1.165) is 118 Å². The van der Waals surface area contributed by atoms with Crippen LogP contribution in [0.3, 0.4) is 0 Å². The lowest BCUT2D eigenvalue weighted by Gasteiger charge is -2.13.